The van der Waals surface area contributed by atoms with E-state index in [2.05, 4.69) is 10.5 Å². The van der Waals surface area contributed by atoms with E-state index in [0.29, 0.717) is 24.5 Å². The lowest BCUT2D eigenvalue weighted by molar-refractivity contribution is -0.121. The van der Waals surface area contributed by atoms with Crippen LogP contribution < -0.4 is 14.8 Å². The Bertz CT molecular complexity index is 952. The molecule has 1 N–H and O–H groups in total. The van der Waals surface area contributed by atoms with Crippen LogP contribution in [0.25, 0.3) is 0 Å². The van der Waals surface area contributed by atoms with Crippen LogP contribution in [0.5, 0.6) is 11.5 Å². The van der Waals surface area contributed by atoms with Crippen LogP contribution in [0.3, 0.4) is 0 Å². The van der Waals surface area contributed by atoms with Crippen molar-refractivity contribution in [3.63, 3.8) is 0 Å². The Morgan fingerprint density at radius 3 is 2.68 bits per heavy atom. The van der Waals surface area contributed by atoms with E-state index in [0.717, 1.165) is 29.0 Å². The van der Waals surface area contributed by atoms with E-state index in [1.807, 2.05) is 61.5 Å². The maximum absolute atomic E-state index is 12.7. The number of nitrogens with one attached hydrogen (secondary N) is 1. The lowest BCUT2D eigenvalue weighted by Crippen LogP contribution is -2.24. The third kappa shape index (κ3) is 4.01. The number of aryl methyl sites for hydroxylation is 1. The Labute approximate surface area is 163 Å². The van der Waals surface area contributed by atoms with E-state index in [9.17, 15) is 4.79 Å². The molecule has 144 valence electrons. The monoisotopic (exact) mass is 378 g/mol. The van der Waals surface area contributed by atoms with Crippen LogP contribution in [0, 0.1) is 0 Å². The van der Waals surface area contributed by atoms with Crippen molar-refractivity contribution in [2.24, 2.45) is 0 Å². The molecule has 0 radical (unpaired) electrons. The predicted octanol–water partition coefficient (Wildman–Crippen LogP) is 3.80. The van der Waals surface area contributed by atoms with Gasteiger partial charge in [-0.1, -0.05) is 48.5 Å². The zero-order valence-electron chi connectivity index (χ0n) is 15.7. The van der Waals surface area contributed by atoms with Gasteiger partial charge in [-0.25, -0.2) is 0 Å². The number of nitrogens with zero attached hydrogens (tertiary/aromatic N) is 1. The second-order valence-corrected chi connectivity index (χ2v) is 6.69. The Balaban J connectivity index is 1.50. The summed E-state index contributed by atoms with van der Waals surface area (Å²) in [5, 5.41) is 6.88. The minimum absolute atomic E-state index is 0.0547. The van der Waals surface area contributed by atoms with Crippen molar-refractivity contribution in [1.29, 1.82) is 0 Å². The van der Waals surface area contributed by atoms with Gasteiger partial charge >= 0.3 is 0 Å². The highest BCUT2D eigenvalue weighted by atomic mass is 16.7. The van der Waals surface area contributed by atoms with E-state index >= 15 is 0 Å². The molecule has 1 atom stereocenters. The molecule has 3 aromatic rings. The lowest BCUT2D eigenvalue weighted by atomic mass is 9.88. The van der Waals surface area contributed by atoms with Crippen molar-refractivity contribution in [1.82, 2.24) is 10.5 Å². The van der Waals surface area contributed by atoms with Gasteiger partial charge in [0.15, 0.2) is 17.3 Å². The smallest absolute Gasteiger partial charge is 0.231 e. The van der Waals surface area contributed by atoms with E-state index in [4.69, 9.17) is 14.0 Å². The highest BCUT2D eigenvalue weighted by Gasteiger charge is 2.22. The predicted molar refractivity (Wildman–Crippen MR) is 103 cm³/mol. The zero-order chi connectivity index (χ0) is 19.3. The highest BCUT2D eigenvalue weighted by molar-refractivity contribution is 5.77. The van der Waals surface area contributed by atoms with Crippen molar-refractivity contribution < 1.29 is 18.8 Å². The van der Waals surface area contributed by atoms with E-state index in [-0.39, 0.29) is 18.6 Å². The highest BCUT2D eigenvalue weighted by Crippen LogP contribution is 2.37. The fourth-order valence-corrected chi connectivity index (χ4v) is 3.29. The first-order valence-corrected chi connectivity index (χ1v) is 9.38. The van der Waals surface area contributed by atoms with Crippen LogP contribution >= 0.6 is 0 Å². The number of carbonyl (C=O) groups is 1. The molecule has 0 aliphatic carbocycles. The van der Waals surface area contributed by atoms with Crippen LogP contribution in [-0.4, -0.2) is 17.9 Å². The number of aromatic nitrogens is 1. The topological polar surface area (TPSA) is 73.6 Å². The molecule has 0 saturated carbocycles. The molecule has 6 heteroatoms. The Hall–Kier alpha value is -3.28. The number of hydrogen-bond donors (Lipinski definition) is 1. The third-order valence-electron chi connectivity index (χ3n) is 4.82. The molecular formula is C22H22N2O4. The molecule has 0 bridgehead atoms. The normalized spacial score (nSPS) is 13.3. The summed E-state index contributed by atoms with van der Waals surface area (Å²) in [4.78, 5) is 12.7. The standard InChI is InChI=1S/C22H22N2O4/c1-2-17-11-18(28-24-17)13-23-22(25)12-19(15-6-4-3-5-7-15)16-8-9-20-21(10-16)27-14-26-20/h3-11,19H,2,12-14H2,1H3,(H,23,25). The van der Waals surface area contributed by atoms with Crippen molar-refractivity contribution in [3.8, 4) is 11.5 Å². The first-order chi connectivity index (χ1) is 13.7. The van der Waals surface area contributed by atoms with Gasteiger partial charge in [0.05, 0.1) is 12.2 Å². The SMILES string of the molecule is CCc1cc(CNC(=O)CC(c2ccccc2)c2ccc3c(c2)OCO3)on1. The number of benzene rings is 2. The fraction of sp³-hybridized carbons (Fsp3) is 0.273. The molecule has 1 amide bonds. The van der Waals surface area contributed by atoms with Gasteiger partial charge in [-0.2, -0.15) is 0 Å². The number of rotatable bonds is 7. The Morgan fingerprint density at radius 1 is 1.07 bits per heavy atom. The molecule has 0 saturated heterocycles. The maximum Gasteiger partial charge on any atom is 0.231 e. The first kappa shape index (κ1) is 18.1. The zero-order valence-corrected chi connectivity index (χ0v) is 15.7. The molecule has 1 unspecified atom stereocenters. The minimum Gasteiger partial charge on any atom is -0.454 e. The van der Waals surface area contributed by atoms with Crippen molar-refractivity contribution >= 4 is 5.91 Å². The molecule has 6 nitrogen and oxygen atoms in total. The summed E-state index contributed by atoms with van der Waals surface area (Å²) >= 11 is 0. The van der Waals surface area contributed by atoms with Gasteiger partial charge in [0, 0.05) is 18.4 Å². The number of carbonyl (C=O) groups excluding carboxylic acids is 1. The quantitative estimate of drug-likeness (QED) is 0.677. The minimum atomic E-state index is -0.0865. The molecule has 0 fully saturated rings. The van der Waals surface area contributed by atoms with Gasteiger partial charge in [-0.3, -0.25) is 4.79 Å². The van der Waals surface area contributed by atoms with Crippen molar-refractivity contribution in [2.75, 3.05) is 6.79 Å². The van der Waals surface area contributed by atoms with Crippen LogP contribution in [0.2, 0.25) is 0 Å². The molecule has 28 heavy (non-hydrogen) atoms. The molecule has 1 aromatic heterocycles. The molecule has 1 aliphatic rings. The van der Waals surface area contributed by atoms with Crippen LogP contribution in [0.4, 0.5) is 0 Å². The Morgan fingerprint density at radius 2 is 1.89 bits per heavy atom. The van der Waals surface area contributed by atoms with Gasteiger partial charge in [0.2, 0.25) is 12.7 Å². The maximum atomic E-state index is 12.7. The first-order valence-electron chi connectivity index (χ1n) is 9.38. The van der Waals surface area contributed by atoms with Crippen molar-refractivity contribution in [3.05, 3.63) is 77.2 Å². The Kier molecular flexibility index (Phi) is 5.28. The number of ether oxygens (including phenoxy) is 2. The van der Waals surface area contributed by atoms with Crippen molar-refractivity contribution in [2.45, 2.75) is 32.2 Å². The van der Waals surface area contributed by atoms with Crippen LogP contribution in [-0.2, 0) is 17.8 Å². The van der Waals surface area contributed by atoms with Gasteiger partial charge < -0.3 is 19.3 Å². The van der Waals surface area contributed by atoms with E-state index in [1.54, 1.807) is 0 Å². The average molecular weight is 378 g/mol. The molecular weight excluding hydrogens is 356 g/mol. The van der Waals surface area contributed by atoms with Crippen LogP contribution in [0.1, 0.15) is 41.8 Å². The molecule has 0 spiro atoms. The second-order valence-electron chi connectivity index (χ2n) is 6.69. The van der Waals surface area contributed by atoms with Gasteiger partial charge in [0.25, 0.3) is 0 Å². The summed E-state index contributed by atoms with van der Waals surface area (Å²) in [7, 11) is 0. The summed E-state index contributed by atoms with van der Waals surface area (Å²) < 4.78 is 16.1. The third-order valence-corrected chi connectivity index (χ3v) is 4.82. The van der Waals surface area contributed by atoms with Gasteiger partial charge in [-0.05, 0) is 29.7 Å². The van der Waals surface area contributed by atoms with E-state index < -0.39 is 0 Å². The second kappa shape index (κ2) is 8.17. The molecule has 2 aromatic carbocycles. The number of hydrogen-bond acceptors (Lipinski definition) is 5. The molecule has 2 heterocycles. The van der Waals surface area contributed by atoms with Crippen LogP contribution in [0.15, 0.2) is 59.1 Å². The summed E-state index contributed by atoms with van der Waals surface area (Å²) in [5.74, 6) is 1.96. The average Bonchev–Trinajstić information content (AvgIpc) is 3.39. The van der Waals surface area contributed by atoms with Gasteiger partial charge in [-0.15, -0.1) is 0 Å². The lowest BCUT2D eigenvalue weighted by Gasteiger charge is -2.18. The fourth-order valence-electron chi connectivity index (χ4n) is 3.29. The molecule has 1 aliphatic heterocycles. The number of fused-ring (bicyclic) bond motifs is 1. The van der Waals surface area contributed by atoms with Gasteiger partial charge in [0.1, 0.15) is 0 Å². The number of amides is 1. The molecule has 4 rings (SSSR count). The summed E-state index contributed by atoms with van der Waals surface area (Å²) in [6.45, 7) is 2.57. The largest absolute Gasteiger partial charge is 0.454 e. The summed E-state index contributed by atoms with van der Waals surface area (Å²) in [6.07, 6.45) is 1.12. The summed E-state index contributed by atoms with van der Waals surface area (Å²) in [5.41, 5.74) is 2.97. The summed E-state index contributed by atoms with van der Waals surface area (Å²) in [6, 6.07) is 17.7. The van der Waals surface area contributed by atoms with E-state index in [1.165, 1.54) is 0 Å².